The van der Waals surface area contributed by atoms with Gasteiger partial charge in [-0.15, -0.1) is 4.40 Å². The van der Waals surface area contributed by atoms with Gasteiger partial charge in [0.25, 0.3) is 5.91 Å². The third-order valence-corrected chi connectivity index (χ3v) is 8.28. The summed E-state index contributed by atoms with van der Waals surface area (Å²) in [6.07, 6.45) is 10.5. The third-order valence-electron chi connectivity index (χ3n) is 6.97. The van der Waals surface area contributed by atoms with Gasteiger partial charge >= 0.3 is 10.2 Å². The van der Waals surface area contributed by atoms with E-state index in [0.29, 0.717) is 12.3 Å². The van der Waals surface area contributed by atoms with Crippen molar-refractivity contribution < 1.29 is 17.6 Å². The molecule has 4 saturated carbocycles. The van der Waals surface area contributed by atoms with Gasteiger partial charge in [-0.3, -0.25) is 4.79 Å². The Morgan fingerprint density at radius 3 is 2.46 bits per heavy atom. The maximum Gasteiger partial charge on any atom is 0.345 e. The molecule has 4 bridgehead atoms. The monoisotopic (exact) mass is 403 g/mol. The van der Waals surface area contributed by atoms with Crippen LogP contribution >= 0.6 is 0 Å². The van der Waals surface area contributed by atoms with Gasteiger partial charge in [-0.25, -0.2) is 4.31 Å². The predicted molar refractivity (Wildman–Crippen MR) is 104 cm³/mol. The second kappa shape index (κ2) is 6.20. The lowest BCUT2D eigenvalue weighted by Gasteiger charge is -2.56. The maximum absolute atomic E-state index is 12.9. The zero-order chi connectivity index (χ0) is 19.5. The van der Waals surface area contributed by atoms with Crippen LogP contribution in [0.15, 0.2) is 39.0 Å². The standard InChI is InChI=1S/C20H25N3O4S/c1-23-17(8-16(22-28(23,25)26)18-3-2-4-27-18)19(24)21-12-20-9-13-5-14(10-20)7-15(6-13)11-20/h2-4,8,13-15H,5-7,9-12H2,1H3,(H,21,24). The Kier molecular flexibility index (Phi) is 3.98. The average molecular weight is 404 g/mol. The van der Waals surface area contributed by atoms with Gasteiger partial charge in [0.1, 0.15) is 11.4 Å². The fraction of sp³-hybridized carbons (Fsp3) is 0.600. The summed E-state index contributed by atoms with van der Waals surface area (Å²) in [6.45, 7) is 0.619. The Morgan fingerprint density at radius 2 is 1.89 bits per heavy atom. The van der Waals surface area contributed by atoms with Gasteiger partial charge in [0.2, 0.25) is 0 Å². The largest absolute Gasteiger partial charge is 0.463 e. The molecule has 2 heterocycles. The molecule has 28 heavy (non-hydrogen) atoms. The highest BCUT2D eigenvalue weighted by Crippen LogP contribution is 2.59. The molecule has 1 N–H and O–H groups in total. The first kappa shape index (κ1) is 18.0. The molecule has 150 valence electrons. The fourth-order valence-corrected chi connectivity index (χ4v) is 7.07. The smallest absolute Gasteiger partial charge is 0.345 e. The van der Waals surface area contributed by atoms with E-state index in [0.717, 1.165) is 22.1 Å². The van der Waals surface area contributed by atoms with Crippen LogP contribution in [0.2, 0.25) is 0 Å². The summed E-state index contributed by atoms with van der Waals surface area (Å²) in [5.74, 6) is 2.36. The lowest BCUT2D eigenvalue weighted by molar-refractivity contribution is -0.120. The van der Waals surface area contributed by atoms with Crippen molar-refractivity contribution in [2.75, 3.05) is 13.6 Å². The van der Waals surface area contributed by atoms with Crippen LogP contribution in [-0.2, 0) is 15.0 Å². The number of nitrogens with one attached hydrogen (secondary N) is 1. The number of likely N-dealkylation sites (N-methyl/N-ethyl adjacent to an activating group) is 1. The van der Waals surface area contributed by atoms with Gasteiger partial charge in [-0.1, -0.05) is 0 Å². The minimum absolute atomic E-state index is 0.0751. The molecule has 0 spiro atoms. The summed E-state index contributed by atoms with van der Waals surface area (Å²) in [5.41, 5.74) is 0.406. The van der Waals surface area contributed by atoms with Gasteiger partial charge in [-0.2, -0.15) is 8.42 Å². The molecule has 4 aliphatic carbocycles. The second-order valence-corrected chi connectivity index (χ2v) is 10.7. The molecule has 0 aromatic carbocycles. The molecule has 7 nitrogen and oxygen atoms in total. The number of hydrogen-bond donors (Lipinski definition) is 1. The molecule has 4 fully saturated rings. The molecule has 1 aromatic rings. The topological polar surface area (TPSA) is 92.0 Å². The lowest BCUT2D eigenvalue weighted by atomic mass is 9.49. The number of nitrogens with zero attached hydrogens (tertiary/aromatic N) is 2. The van der Waals surface area contributed by atoms with Gasteiger partial charge in [0, 0.05) is 13.6 Å². The first-order valence-electron chi connectivity index (χ1n) is 9.96. The van der Waals surface area contributed by atoms with Crippen LogP contribution < -0.4 is 5.32 Å². The number of rotatable bonds is 4. The Labute approximate surface area is 165 Å². The Hall–Kier alpha value is -2.09. The van der Waals surface area contributed by atoms with Crippen molar-refractivity contribution in [3.8, 4) is 0 Å². The van der Waals surface area contributed by atoms with Crippen LogP contribution in [0.25, 0.3) is 0 Å². The molecule has 1 aromatic heterocycles. The van der Waals surface area contributed by atoms with E-state index in [1.807, 2.05) is 0 Å². The number of carbonyl (C=O) groups excluding carboxylic acids is 1. The summed E-state index contributed by atoms with van der Waals surface area (Å²) in [5, 5.41) is 3.04. The van der Waals surface area contributed by atoms with Crippen LogP contribution in [0.5, 0.6) is 0 Å². The van der Waals surface area contributed by atoms with E-state index in [2.05, 4.69) is 9.71 Å². The molecule has 6 rings (SSSR count). The molecule has 5 aliphatic rings. The molecule has 1 amide bonds. The van der Waals surface area contributed by atoms with Crippen LogP contribution in [0.3, 0.4) is 0 Å². The molecule has 8 heteroatoms. The molecule has 1 aliphatic heterocycles. The molecular weight excluding hydrogens is 378 g/mol. The van der Waals surface area contributed by atoms with Crippen molar-refractivity contribution >= 4 is 21.8 Å². The average Bonchev–Trinajstić information content (AvgIpc) is 3.15. The number of carbonyl (C=O) groups is 1. The Bertz CT molecular complexity index is 926. The molecule has 0 radical (unpaired) electrons. The first-order chi connectivity index (χ1) is 13.3. The molecular formula is C20H25N3O4S. The second-order valence-electron chi connectivity index (χ2n) is 9.03. The third kappa shape index (κ3) is 2.98. The van der Waals surface area contributed by atoms with Gasteiger partial charge < -0.3 is 9.73 Å². The zero-order valence-electron chi connectivity index (χ0n) is 15.9. The van der Waals surface area contributed by atoms with Crippen molar-refractivity contribution in [2.45, 2.75) is 38.5 Å². The van der Waals surface area contributed by atoms with E-state index in [-0.39, 0.29) is 22.7 Å². The van der Waals surface area contributed by atoms with Crippen molar-refractivity contribution in [2.24, 2.45) is 27.6 Å². The van der Waals surface area contributed by atoms with E-state index in [9.17, 15) is 13.2 Å². The van der Waals surface area contributed by atoms with Crippen LogP contribution in [0.4, 0.5) is 0 Å². The fourth-order valence-electron chi connectivity index (χ4n) is 6.17. The van der Waals surface area contributed by atoms with E-state index < -0.39 is 10.2 Å². The van der Waals surface area contributed by atoms with Crippen molar-refractivity contribution in [1.29, 1.82) is 0 Å². The Balaban J connectivity index is 1.35. The van der Waals surface area contributed by atoms with E-state index in [4.69, 9.17) is 4.42 Å². The number of furan rings is 1. The SMILES string of the molecule is CN1C(C(=O)NCC23CC4CC(CC(C4)C2)C3)=CC(c2ccco2)=NS1(=O)=O. The minimum atomic E-state index is -3.96. The quantitative estimate of drug-likeness (QED) is 0.836. The highest BCUT2D eigenvalue weighted by molar-refractivity contribution is 7.88. The summed E-state index contributed by atoms with van der Waals surface area (Å²) in [6, 6.07) is 3.28. The van der Waals surface area contributed by atoms with Gasteiger partial charge in [-0.05, 0) is 79.9 Å². The van der Waals surface area contributed by atoms with Crippen molar-refractivity contribution in [3.05, 3.63) is 35.9 Å². The van der Waals surface area contributed by atoms with Gasteiger partial charge in [0.15, 0.2) is 5.76 Å². The van der Waals surface area contributed by atoms with Crippen molar-refractivity contribution in [3.63, 3.8) is 0 Å². The van der Waals surface area contributed by atoms with E-state index >= 15 is 0 Å². The number of allylic oxidation sites excluding steroid dienone is 1. The highest BCUT2D eigenvalue weighted by atomic mass is 32.2. The summed E-state index contributed by atoms with van der Waals surface area (Å²) < 4.78 is 34.8. The highest BCUT2D eigenvalue weighted by Gasteiger charge is 2.50. The van der Waals surface area contributed by atoms with Crippen LogP contribution in [0, 0.1) is 23.2 Å². The molecule has 0 saturated heterocycles. The van der Waals surface area contributed by atoms with E-state index in [1.165, 1.54) is 57.9 Å². The number of amides is 1. The van der Waals surface area contributed by atoms with Crippen molar-refractivity contribution in [1.82, 2.24) is 9.62 Å². The van der Waals surface area contributed by atoms with Crippen LogP contribution in [0.1, 0.15) is 44.3 Å². The van der Waals surface area contributed by atoms with Gasteiger partial charge in [0.05, 0.1) is 6.26 Å². The Morgan fingerprint density at radius 1 is 1.25 bits per heavy atom. The summed E-state index contributed by atoms with van der Waals surface area (Å²) >= 11 is 0. The maximum atomic E-state index is 12.9. The predicted octanol–water partition coefficient (Wildman–Crippen LogP) is 2.48. The minimum Gasteiger partial charge on any atom is -0.463 e. The lowest BCUT2D eigenvalue weighted by Crippen LogP contribution is -2.52. The first-order valence-corrected chi connectivity index (χ1v) is 11.4. The van der Waals surface area contributed by atoms with E-state index in [1.54, 1.807) is 12.1 Å². The summed E-state index contributed by atoms with van der Waals surface area (Å²) in [7, 11) is -2.61. The normalized spacial score (nSPS) is 35.5. The molecule has 0 unspecified atom stereocenters. The summed E-state index contributed by atoms with van der Waals surface area (Å²) in [4.78, 5) is 12.9. The number of hydrogen-bond acceptors (Lipinski definition) is 4. The van der Waals surface area contributed by atoms with Crippen LogP contribution in [-0.4, -0.2) is 37.9 Å². The molecule has 0 atom stereocenters. The zero-order valence-corrected chi connectivity index (χ0v) is 16.7.